The Bertz CT molecular complexity index is 692. The zero-order chi connectivity index (χ0) is 20.9. The van der Waals surface area contributed by atoms with Crippen molar-refractivity contribution in [3.05, 3.63) is 0 Å². The van der Waals surface area contributed by atoms with Gasteiger partial charge in [0.1, 0.15) is 0 Å². The first-order valence-corrected chi connectivity index (χ1v) is 11.0. The van der Waals surface area contributed by atoms with Gasteiger partial charge in [0, 0.05) is 43.3 Å². The van der Waals surface area contributed by atoms with E-state index in [1.807, 2.05) is 9.80 Å². The van der Waals surface area contributed by atoms with Gasteiger partial charge in [0.15, 0.2) is 0 Å². The molecule has 3 N–H and O–H groups in total. The monoisotopic (exact) mass is 406 g/mol. The maximum absolute atomic E-state index is 13.2. The number of piperidine rings is 1. The SMILES string of the molecule is CC(=O)N1[C@@H]2CN(C(=O)CN3CCC(C(N)=O)CC3)C[C@@H]3CC[C@H]1[C@](C)(C2)[C@@H]3O. The molecule has 4 fully saturated rings. The predicted octanol–water partition coefficient (Wildman–Crippen LogP) is -0.207. The number of primary amides is 1. The summed E-state index contributed by atoms with van der Waals surface area (Å²) in [5.74, 6) is -0.185. The highest BCUT2D eigenvalue weighted by molar-refractivity contribution is 5.79. The molecule has 8 heteroatoms. The smallest absolute Gasteiger partial charge is 0.236 e. The summed E-state index contributed by atoms with van der Waals surface area (Å²) in [7, 11) is 0. The van der Waals surface area contributed by atoms with E-state index in [4.69, 9.17) is 5.73 Å². The fourth-order valence-corrected chi connectivity index (χ4v) is 6.47. The van der Waals surface area contributed by atoms with Crippen LogP contribution in [0.5, 0.6) is 0 Å². The van der Waals surface area contributed by atoms with Crippen molar-refractivity contribution in [3.8, 4) is 0 Å². The maximum Gasteiger partial charge on any atom is 0.236 e. The summed E-state index contributed by atoms with van der Waals surface area (Å²) in [4.78, 5) is 42.9. The van der Waals surface area contributed by atoms with Gasteiger partial charge < -0.3 is 20.6 Å². The number of hydrogen-bond donors (Lipinski definition) is 2. The van der Waals surface area contributed by atoms with E-state index in [2.05, 4.69) is 11.8 Å². The average molecular weight is 407 g/mol. The third-order valence-corrected chi connectivity index (χ3v) is 8.05. The van der Waals surface area contributed by atoms with E-state index in [1.165, 1.54) is 0 Å². The normalized spacial score (nSPS) is 38.0. The first-order chi connectivity index (χ1) is 13.7. The molecule has 5 atom stereocenters. The van der Waals surface area contributed by atoms with Gasteiger partial charge in [-0.1, -0.05) is 6.92 Å². The van der Waals surface area contributed by atoms with Gasteiger partial charge in [-0.25, -0.2) is 0 Å². The summed E-state index contributed by atoms with van der Waals surface area (Å²) in [6.07, 6.45) is 3.40. The lowest BCUT2D eigenvalue weighted by Crippen LogP contribution is -2.55. The fourth-order valence-electron chi connectivity index (χ4n) is 6.47. The van der Waals surface area contributed by atoms with Crippen LogP contribution in [0.4, 0.5) is 0 Å². The molecule has 8 nitrogen and oxygen atoms in total. The van der Waals surface area contributed by atoms with Gasteiger partial charge in [-0.15, -0.1) is 0 Å². The van der Waals surface area contributed by atoms with Crippen molar-refractivity contribution in [2.45, 2.75) is 64.1 Å². The number of hydrogen-bond acceptors (Lipinski definition) is 5. The summed E-state index contributed by atoms with van der Waals surface area (Å²) in [6, 6.07) is 0.0416. The molecule has 3 saturated heterocycles. The van der Waals surface area contributed by atoms with Crippen LogP contribution in [0, 0.1) is 17.3 Å². The minimum Gasteiger partial charge on any atom is -0.392 e. The number of fused-ring (bicyclic) bond motifs is 2. The fraction of sp³-hybridized carbons (Fsp3) is 0.857. The third-order valence-electron chi connectivity index (χ3n) is 8.05. The summed E-state index contributed by atoms with van der Waals surface area (Å²) in [5.41, 5.74) is 5.13. The second-order valence-corrected chi connectivity index (χ2v) is 9.84. The minimum atomic E-state index is -0.491. The van der Waals surface area contributed by atoms with Crippen molar-refractivity contribution in [2.24, 2.45) is 23.0 Å². The van der Waals surface area contributed by atoms with Gasteiger partial charge in [-0.3, -0.25) is 19.3 Å². The molecule has 3 amide bonds. The average Bonchev–Trinajstić information content (AvgIpc) is 3.01. The Balaban J connectivity index is 1.47. The highest BCUT2D eigenvalue weighted by Gasteiger charge is 2.59. The topological polar surface area (TPSA) is 107 Å². The number of likely N-dealkylation sites (tertiary alicyclic amines) is 3. The van der Waals surface area contributed by atoms with E-state index in [0.717, 1.165) is 19.3 Å². The predicted molar refractivity (Wildman–Crippen MR) is 106 cm³/mol. The van der Waals surface area contributed by atoms with Gasteiger partial charge in [0.25, 0.3) is 0 Å². The Hall–Kier alpha value is -1.67. The lowest BCUT2D eigenvalue weighted by atomic mass is 9.64. The van der Waals surface area contributed by atoms with Crippen molar-refractivity contribution in [3.63, 3.8) is 0 Å². The van der Waals surface area contributed by atoms with E-state index in [9.17, 15) is 19.5 Å². The number of carbonyl (C=O) groups is 3. The highest BCUT2D eigenvalue weighted by atomic mass is 16.3. The van der Waals surface area contributed by atoms with Crippen LogP contribution in [0.25, 0.3) is 0 Å². The zero-order valence-electron chi connectivity index (χ0n) is 17.5. The highest BCUT2D eigenvalue weighted by Crippen LogP contribution is 2.52. The number of aliphatic hydroxyl groups excluding tert-OH is 1. The Kier molecular flexibility index (Phi) is 5.36. The second kappa shape index (κ2) is 7.54. The lowest BCUT2D eigenvalue weighted by molar-refractivity contribution is -0.137. The van der Waals surface area contributed by atoms with Crippen molar-refractivity contribution in [1.82, 2.24) is 14.7 Å². The van der Waals surface area contributed by atoms with E-state index < -0.39 is 6.10 Å². The van der Waals surface area contributed by atoms with Gasteiger partial charge in [0.2, 0.25) is 17.7 Å². The molecule has 0 radical (unpaired) electrons. The molecule has 0 unspecified atom stereocenters. The quantitative estimate of drug-likeness (QED) is 0.675. The van der Waals surface area contributed by atoms with E-state index in [1.54, 1.807) is 6.92 Å². The molecule has 3 aliphatic heterocycles. The molecule has 3 bridgehead atoms. The van der Waals surface area contributed by atoms with Crippen LogP contribution in [0.1, 0.15) is 46.0 Å². The summed E-state index contributed by atoms with van der Waals surface area (Å²) >= 11 is 0. The molecular formula is C21H34N4O4. The number of rotatable bonds is 3. The Morgan fingerprint density at radius 1 is 1.10 bits per heavy atom. The van der Waals surface area contributed by atoms with Crippen molar-refractivity contribution in [1.29, 1.82) is 0 Å². The van der Waals surface area contributed by atoms with Gasteiger partial charge in [0.05, 0.1) is 18.7 Å². The molecule has 0 aromatic heterocycles. The Morgan fingerprint density at radius 2 is 1.79 bits per heavy atom. The first-order valence-electron chi connectivity index (χ1n) is 11.0. The van der Waals surface area contributed by atoms with Crippen molar-refractivity contribution in [2.75, 3.05) is 32.7 Å². The van der Waals surface area contributed by atoms with Crippen LogP contribution in [0.15, 0.2) is 0 Å². The van der Waals surface area contributed by atoms with Crippen LogP contribution in [-0.4, -0.2) is 88.4 Å². The first kappa shape index (κ1) is 20.6. The maximum atomic E-state index is 13.2. The number of amides is 3. The van der Waals surface area contributed by atoms with Gasteiger partial charge >= 0.3 is 0 Å². The number of aliphatic hydroxyl groups is 1. The molecule has 0 aromatic carbocycles. The molecule has 0 aromatic rings. The van der Waals surface area contributed by atoms with Crippen molar-refractivity contribution >= 4 is 17.7 Å². The van der Waals surface area contributed by atoms with Crippen molar-refractivity contribution < 1.29 is 19.5 Å². The summed E-state index contributed by atoms with van der Waals surface area (Å²) in [6.45, 7) is 6.54. The van der Waals surface area contributed by atoms with E-state index in [0.29, 0.717) is 45.6 Å². The molecular weight excluding hydrogens is 372 g/mol. The number of carbonyl (C=O) groups excluding carboxylic acids is 3. The van der Waals surface area contributed by atoms with Gasteiger partial charge in [-0.05, 0) is 45.2 Å². The largest absolute Gasteiger partial charge is 0.392 e. The molecule has 1 saturated carbocycles. The third kappa shape index (κ3) is 3.54. The minimum absolute atomic E-state index is 0.0271. The Morgan fingerprint density at radius 3 is 2.41 bits per heavy atom. The van der Waals surface area contributed by atoms with Gasteiger partial charge in [-0.2, -0.15) is 0 Å². The molecule has 4 rings (SSSR count). The van der Waals surface area contributed by atoms with Crippen LogP contribution in [0.2, 0.25) is 0 Å². The van der Waals surface area contributed by atoms with Crippen LogP contribution < -0.4 is 5.73 Å². The summed E-state index contributed by atoms with van der Waals surface area (Å²) < 4.78 is 0. The number of nitrogens with zero attached hydrogens (tertiary/aromatic N) is 3. The summed E-state index contributed by atoms with van der Waals surface area (Å²) in [5, 5.41) is 11.1. The van der Waals surface area contributed by atoms with Crippen LogP contribution in [-0.2, 0) is 14.4 Å². The number of nitrogens with two attached hydrogens (primary N) is 1. The van der Waals surface area contributed by atoms with E-state index >= 15 is 0 Å². The molecule has 29 heavy (non-hydrogen) atoms. The Labute approximate surface area is 172 Å². The molecule has 0 spiro atoms. The van der Waals surface area contributed by atoms with Crippen LogP contribution >= 0.6 is 0 Å². The van der Waals surface area contributed by atoms with Crippen LogP contribution in [0.3, 0.4) is 0 Å². The molecule has 162 valence electrons. The molecule has 1 aliphatic carbocycles. The molecule has 4 aliphatic rings. The molecule has 3 heterocycles. The standard InChI is InChI=1S/C21H34N4O4/c1-13(26)25-16-9-21(2)17(25)4-3-15(19(21)28)10-24(11-16)18(27)12-23-7-5-14(6-8-23)20(22)29/h14-17,19,28H,3-12H2,1-2H3,(H2,22,29)/t15-,16-,17-,19+,21-/m0/s1. The second-order valence-electron chi connectivity index (χ2n) is 9.84. The van der Waals surface area contributed by atoms with E-state index in [-0.39, 0.29) is 47.1 Å². The zero-order valence-corrected chi connectivity index (χ0v) is 17.5. The lowest BCUT2D eigenvalue weighted by Gasteiger charge is -2.47.